The highest BCUT2D eigenvalue weighted by atomic mass is 32.2. The number of nitrogens with one attached hydrogen (secondary N) is 2. The summed E-state index contributed by atoms with van der Waals surface area (Å²) in [7, 11) is 0. The van der Waals surface area contributed by atoms with Crippen molar-refractivity contribution in [1.29, 1.82) is 5.26 Å². The third kappa shape index (κ3) is 4.73. The predicted molar refractivity (Wildman–Crippen MR) is 84.9 cm³/mol. The molecule has 0 aliphatic rings. The molecule has 0 saturated carbocycles. The summed E-state index contributed by atoms with van der Waals surface area (Å²) in [5.41, 5.74) is 1.52. The molecule has 0 aliphatic carbocycles. The number of anilines is 3. The van der Waals surface area contributed by atoms with Crippen LogP contribution in [0.25, 0.3) is 0 Å². The van der Waals surface area contributed by atoms with E-state index in [0.29, 0.717) is 10.8 Å². The van der Waals surface area contributed by atoms with Gasteiger partial charge in [0.25, 0.3) is 0 Å². The lowest BCUT2D eigenvalue weighted by atomic mass is 10.3. The molecule has 2 aromatic rings. The van der Waals surface area contributed by atoms with Gasteiger partial charge in [-0.2, -0.15) is 5.26 Å². The van der Waals surface area contributed by atoms with Crippen molar-refractivity contribution in [3.8, 4) is 6.07 Å². The van der Waals surface area contributed by atoms with Crippen molar-refractivity contribution in [2.45, 2.75) is 23.4 Å². The largest absolute Gasteiger partial charge is 0.330 e. The van der Waals surface area contributed by atoms with Gasteiger partial charge in [0.1, 0.15) is 0 Å². The van der Waals surface area contributed by atoms with Gasteiger partial charge in [-0.1, -0.05) is 29.2 Å². The van der Waals surface area contributed by atoms with Crippen LogP contribution in [0.1, 0.15) is 13.8 Å². The lowest BCUT2D eigenvalue weighted by Crippen LogP contribution is -2.05. The van der Waals surface area contributed by atoms with E-state index in [1.807, 2.05) is 31.2 Å². The molecule has 0 radical (unpaired) electrons. The Kier molecular flexibility index (Phi) is 5.14. The number of nitriles is 1. The first-order valence-electron chi connectivity index (χ1n) is 6.11. The molecule has 0 bridgehead atoms. The van der Waals surface area contributed by atoms with Gasteiger partial charge in [0.2, 0.25) is 11.0 Å². The summed E-state index contributed by atoms with van der Waals surface area (Å²) in [4.78, 5) is 11.0. The normalized spacial score (nSPS) is 11.5. The van der Waals surface area contributed by atoms with Gasteiger partial charge >= 0.3 is 0 Å². The van der Waals surface area contributed by atoms with E-state index >= 15 is 0 Å². The topological polar surface area (TPSA) is 90.7 Å². The van der Waals surface area contributed by atoms with E-state index in [2.05, 4.69) is 26.9 Å². The Labute approximate surface area is 130 Å². The number of hydrogen-bond donors (Lipinski definition) is 2. The molecule has 1 aromatic carbocycles. The van der Waals surface area contributed by atoms with Crippen LogP contribution in [0, 0.1) is 11.3 Å². The minimum Gasteiger partial charge on any atom is -0.330 e. The van der Waals surface area contributed by atoms with Gasteiger partial charge in [-0.15, -0.1) is 10.2 Å². The van der Waals surface area contributed by atoms with E-state index in [4.69, 9.17) is 5.26 Å². The third-order valence-corrected chi connectivity index (χ3v) is 4.21. The molecule has 2 rings (SSSR count). The second-order valence-electron chi connectivity index (χ2n) is 4.15. The number of hydrogen-bond acceptors (Lipinski definition) is 7. The summed E-state index contributed by atoms with van der Waals surface area (Å²) in [5.74, 6) is -0.118. The van der Waals surface area contributed by atoms with Gasteiger partial charge in [0.15, 0.2) is 4.34 Å². The summed E-state index contributed by atoms with van der Waals surface area (Å²) < 4.78 is 0.740. The predicted octanol–water partition coefficient (Wildman–Crippen LogP) is 3.24. The maximum atomic E-state index is 11.0. The Hall–Kier alpha value is -2.11. The SMILES string of the molecule is CC(=O)Nc1cccc(Nc2nnc(SC(C)C#N)s2)c1. The molecular formula is C13H13N5OS2. The van der Waals surface area contributed by atoms with Crippen LogP contribution in [0.3, 0.4) is 0 Å². The number of amides is 1. The fraction of sp³-hybridized carbons (Fsp3) is 0.231. The second-order valence-corrected chi connectivity index (χ2v) is 6.71. The van der Waals surface area contributed by atoms with Crippen LogP contribution in [-0.4, -0.2) is 21.4 Å². The Bertz CT molecular complexity index is 679. The maximum Gasteiger partial charge on any atom is 0.221 e. The minimum absolute atomic E-state index is 0.118. The highest BCUT2D eigenvalue weighted by Gasteiger charge is 2.09. The van der Waals surface area contributed by atoms with Gasteiger partial charge in [-0.25, -0.2) is 0 Å². The molecule has 1 heterocycles. The van der Waals surface area contributed by atoms with Crippen molar-refractivity contribution in [3.63, 3.8) is 0 Å². The van der Waals surface area contributed by atoms with Crippen LogP contribution < -0.4 is 10.6 Å². The number of nitrogens with zero attached hydrogens (tertiary/aromatic N) is 3. The zero-order valence-electron chi connectivity index (χ0n) is 11.5. The molecule has 21 heavy (non-hydrogen) atoms. The van der Waals surface area contributed by atoms with Gasteiger partial charge in [0, 0.05) is 18.3 Å². The standard InChI is InChI=1S/C13H13N5OS2/c1-8(7-14)20-13-18-17-12(21-13)16-11-5-3-4-10(6-11)15-9(2)19/h3-6,8H,1-2H3,(H,15,19)(H,16,17). The summed E-state index contributed by atoms with van der Waals surface area (Å²) in [6, 6.07) is 9.47. The molecule has 0 spiro atoms. The average Bonchev–Trinajstić information content (AvgIpc) is 2.85. The van der Waals surface area contributed by atoms with Gasteiger partial charge < -0.3 is 10.6 Å². The minimum atomic E-state index is -0.158. The number of rotatable bonds is 5. The van der Waals surface area contributed by atoms with Crippen molar-refractivity contribution in [2.24, 2.45) is 0 Å². The molecule has 0 saturated heterocycles. The van der Waals surface area contributed by atoms with E-state index in [-0.39, 0.29) is 11.2 Å². The van der Waals surface area contributed by atoms with Crippen LogP contribution in [0.5, 0.6) is 0 Å². The summed E-state index contributed by atoms with van der Waals surface area (Å²) in [6.45, 7) is 3.28. The molecule has 0 aliphatic heterocycles. The molecule has 6 nitrogen and oxygen atoms in total. The summed E-state index contributed by atoms with van der Waals surface area (Å²) in [6.07, 6.45) is 0. The number of aromatic nitrogens is 2. The molecule has 8 heteroatoms. The van der Waals surface area contributed by atoms with E-state index in [0.717, 1.165) is 10.0 Å². The molecule has 2 N–H and O–H groups in total. The Morgan fingerprint density at radius 1 is 1.43 bits per heavy atom. The number of carbonyl (C=O) groups is 1. The lowest BCUT2D eigenvalue weighted by Gasteiger charge is -2.05. The number of benzene rings is 1. The van der Waals surface area contributed by atoms with Crippen LogP contribution in [0.15, 0.2) is 28.6 Å². The Balaban J connectivity index is 2.05. The molecule has 1 aromatic heterocycles. The molecular weight excluding hydrogens is 306 g/mol. The highest BCUT2D eigenvalue weighted by molar-refractivity contribution is 8.01. The molecule has 1 atom stereocenters. The first kappa shape index (κ1) is 15.3. The zero-order valence-corrected chi connectivity index (χ0v) is 13.1. The average molecular weight is 319 g/mol. The highest BCUT2D eigenvalue weighted by Crippen LogP contribution is 2.30. The van der Waals surface area contributed by atoms with Crippen molar-refractivity contribution in [1.82, 2.24) is 10.2 Å². The van der Waals surface area contributed by atoms with Crippen LogP contribution >= 0.6 is 23.1 Å². The number of thioether (sulfide) groups is 1. The van der Waals surface area contributed by atoms with E-state index in [1.54, 1.807) is 0 Å². The fourth-order valence-electron chi connectivity index (χ4n) is 1.49. The van der Waals surface area contributed by atoms with E-state index in [9.17, 15) is 4.79 Å². The van der Waals surface area contributed by atoms with Crippen molar-refractivity contribution >= 4 is 45.5 Å². The van der Waals surface area contributed by atoms with Crippen molar-refractivity contribution < 1.29 is 4.79 Å². The van der Waals surface area contributed by atoms with Crippen LogP contribution in [0.4, 0.5) is 16.5 Å². The quantitative estimate of drug-likeness (QED) is 0.822. The van der Waals surface area contributed by atoms with E-state index in [1.165, 1.54) is 30.0 Å². The monoisotopic (exact) mass is 319 g/mol. The molecule has 108 valence electrons. The van der Waals surface area contributed by atoms with Crippen molar-refractivity contribution in [2.75, 3.05) is 10.6 Å². The van der Waals surface area contributed by atoms with E-state index < -0.39 is 0 Å². The Morgan fingerprint density at radius 2 is 2.19 bits per heavy atom. The van der Waals surface area contributed by atoms with Gasteiger partial charge in [0.05, 0.1) is 11.3 Å². The fourth-order valence-corrected chi connectivity index (χ4v) is 3.29. The molecule has 0 fully saturated rings. The zero-order chi connectivity index (χ0) is 15.2. The second kappa shape index (κ2) is 7.06. The summed E-state index contributed by atoms with van der Waals surface area (Å²) >= 11 is 2.76. The molecule has 1 amide bonds. The Morgan fingerprint density at radius 3 is 2.90 bits per heavy atom. The first-order valence-corrected chi connectivity index (χ1v) is 7.81. The van der Waals surface area contributed by atoms with Gasteiger partial charge in [-0.05, 0) is 25.1 Å². The number of carbonyl (C=O) groups excluding carboxylic acids is 1. The van der Waals surface area contributed by atoms with Gasteiger partial charge in [-0.3, -0.25) is 4.79 Å². The third-order valence-electron chi connectivity index (χ3n) is 2.30. The van der Waals surface area contributed by atoms with Crippen LogP contribution in [0.2, 0.25) is 0 Å². The maximum absolute atomic E-state index is 11.0. The first-order chi connectivity index (χ1) is 10.1. The summed E-state index contributed by atoms with van der Waals surface area (Å²) in [5, 5.41) is 23.2. The van der Waals surface area contributed by atoms with Crippen LogP contribution in [-0.2, 0) is 4.79 Å². The lowest BCUT2D eigenvalue weighted by molar-refractivity contribution is -0.114. The smallest absolute Gasteiger partial charge is 0.221 e. The van der Waals surface area contributed by atoms with Crippen molar-refractivity contribution in [3.05, 3.63) is 24.3 Å². The molecule has 1 unspecified atom stereocenters.